The summed E-state index contributed by atoms with van der Waals surface area (Å²) in [5.74, 6) is 1.41. The van der Waals surface area contributed by atoms with E-state index in [1.807, 2.05) is 0 Å². The molecule has 6 nitrogen and oxygen atoms in total. The average molecular weight is 515 g/mol. The van der Waals surface area contributed by atoms with Crippen molar-refractivity contribution in [3.05, 3.63) is 47.6 Å². The van der Waals surface area contributed by atoms with E-state index in [0.717, 1.165) is 24.8 Å². The first kappa shape index (κ1) is 28.3. The van der Waals surface area contributed by atoms with Crippen LogP contribution in [0.3, 0.4) is 0 Å². The van der Waals surface area contributed by atoms with Crippen molar-refractivity contribution in [3.63, 3.8) is 0 Å². The second-order valence-corrected chi connectivity index (χ2v) is 12.2. The van der Waals surface area contributed by atoms with Crippen molar-refractivity contribution in [1.29, 1.82) is 0 Å². The van der Waals surface area contributed by atoms with Crippen molar-refractivity contribution < 1.29 is 29.6 Å². The fourth-order valence-electron chi connectivity index (χ4n) is 7.66. The number of aliphatic hydroxyl groups excluding tert-OH is 3. The summed E-state index contributed by atoms with van der Waals surface area (Å²) in [4.78, 5) is 12.0. The van der Waals surface area contributed by atoms with Gasteiger partial charge >= 0.3 is 5.97 Å². The maximum Gasteiger partial charge on any atom is 0.334 e. The minimum Gasteiger partial charge on any atom is -0.458 e. The van der Waals surface area contributed by atoms with Gasteiger partial charge in [-0.3, -0.25) is 0 Å². The Morgan fingerprint density at radius 2 is 1.97 bits per heavy atom. The Labute approximate surface area is 222 Å². The fraction of sp³-hybridized carbons (Fsp3) is 0.710. The number of hydrogen-bond acceptors (Lipinski definition) is 6. The first-order valence-corrected chi connectivity index (χ1v) is 14.2. The molecule has 1 saturated heterocycles. The van der Waals surface area contributed by atoms with E-state index in [-0.39, 0.29) is 30.0 Å². The van der Waals surface area contributed by atoms with Crippen LogP contribution in [0.15, 0.2) is 47.6 Å². The van der Waals surface area contributed by atoms with E-state index in [1.54, 1.807) is 0 Å². The molecule has 4 fully saturated rings. The van der Waals surface area contributed by atoms with E-state index < -0.39 is 18.3 Å². The highest BCUT2D eigenvalue weighted by atomic mass is 16.6. The average Bonchev–Trinajstić information content (AvgIpc) is 3.34. The lowest BCUT2D eigenvalue weighted by molar-refractivity contribution is -0.140. The molecule has 1 heterocycles. The molecular weight excluding hydrogens is 468 g/mol. The maximum absolute atomic E-state index is 12.0. The van der Waals surface area contributed by atoms with Gasteiger partial charge < -0.3 is 24.8 Å². The van der Waals surface area contributed by atoms with Crippen LogP contribution < -0.4 is 0 Å². The van der Waals surface area contributed by atoms with Crippen molar-refractivity contribution in [2.75, 3.05) is 13.2 Å². The number of carbonyl (C=O) groups excluding carboxylic acids is 1. The van der Waals surface area contributed by atoms with Gasteiger partial charge in [-0.2, -0.15) is 0 Å². The van der Waals surface area contributed by atoms with Crippen LogP contribution in [0.2, 0.25) is 0 Å². The molecule has 0 bridgehead atoms. The second-order valence-electron chi connectivity index (χ2n) is 12.2. The third kappa shape index (κ3) is 5.54. The molecule has 0 aromatic heterocycles. The number of esters is 1. The first-order valence-electron chi connectivity index (χ1n) is 14.2. The number of ether oxygens (including phenoxy) is 2. The Balaban J connectivity index is 1.44. The molecule has 37 heavy (non-hydrogen) atoms. The van der Waals surface area contributed by atoms with E-state index in [0.29, 0.717) is 48.3 Å². The highest BCUT2D eigenvalue weighted by Crippen LogP contribution is 2.60. The van der Waals surface area contributed by atoms with E-state index in [4.69, 9.17) is 14.6 Å². The van der Waals surface area contributed by atoms with Gasteiger partial charge in [-0.05, 0) is 79.3 Å². The minimum atomic E-state index is -0.955. The van der Waals surface area contributed by atoms with Gasteiger partial charge in [0.05, 0.1) is 6.10 Å². The lowest BCUT2D eigenvalue weighted by atomic mass is 9.60. The van der Waals surface area contributed by atoms with E-state index in [1.165, 1.54) is 24.8 Å². The zero-order valence-corrected chi connectivity index (χ0v) is 22.8. The molecule has 0 aromatic carbocycles. The van der Waals surface area contributed by atoms with Crippen LogP contribution in [-0.4, -0.2) is 58.9 Å². The zero-order valence-electron chi connectivity index (χ0n) is 22.8. The van der Waals surface area contributed by atoms with Gasteiger partial charge in [0, 0.05) is 31.1 Å². The largest absolute Gasteiger partial charge is 0.458 e. The minimum absolute atomic E-state index is 0.0151. The van der Waals surface area contributed by atoms with Gasteiger partial charge in [-0.25, -0.2) is 4.79 Å². The number of carbonyl (C=O) groups is 1. The summed E-state index contributed by atoms with van der Waals surface area (Å²) in [5, 5.41) is 30.3. The highest BCUT2D eigenvalue weighted by molar-refractivity contribution is 5.90. The van der Waals surface area contributed by atoms with Crippen LogP contribution in [0.25, 0.3) is 0 Å². The number of aliphatic hydroxyl groups is 3. The topological polar surface area (TPSA) is 96.2 Å². The molecule has 3 N–H and O–H groups in total. The van der Waals surface area contributed by atoms with Crippen molar-refractivity contribution >= 4 is 5.97 Å². The van der Waals surface area contributed by atoms with Crippen molar-refractivity contribution in [2.45, 2.75) is 96.6 Å². The molecule has 4 rings (SSSR count). The molecule has 0 amide bonds. The molecule has 0 spiro atoms. The molecule has 6 heteroatoms. The Kier molecular flexibility index (Phi) is 8.84. The normalized spacial score (nSPS) is 41.4. The van der Waals surface area contributed by atoms with E-state index in [2.05, 4.69) is 46.1 Å². The number of cyclic esters (lactones) is 1. The highest BCUT2D eigenvalue weighted by Gasteiger charge is 2.51. The third-order valence-corrected chi connectivity index (χ3v) is 9.96. The molecular formula is C31H46O6. The van der Waals surface area contributed by atoms with E-state index >= 15 is 0 Å². The van der Waals surface area contributed by atoms with Gasteiger partial charge in [-0.15, -0.1) is 0 Å². The number of hydrogen-bond donors (Lipinski definition) is 3. The molecule has 3 saturated carbocycles. The van der Waals surface area contributed by atoms with Crippen LogP contribution in [0.1, 0.15) is 72.1 Å². The van der Waals surface area contributed by atoms with Gasteiger partial charge in [-0.1, -0.05) is 51.7 Å². The first-order chi connectivity index (χ1) is 17.6. The monoisotopic (exact) mass is 514 g/mol. The van der Waals surface area contributed by atoms with Crippen molar-refractivity contribution in [3.8, 4) is 0 Å². The van der Waals surface area contributed by atoms with Crippen molar-refractivity contribution in [2.24, 2.45) is 29.1 Å². The van der Waals surface area contributed by atoms with Crippen molar-refractivity contribution in [1.82, 2.24) is 0 Å². The van der Waals surface area contributed by atoms with Crippen LogP contribution in [-0.2, 0) is 14.3 Å². The molecule has 1 aliphatic heterocycles. The van der Waals surface area contributed by atoms with Gasteiger partial charge in [0.25, 0.3) is 0 Å². The summed E-state index contributed by atoms with van der Waals surface area (Å²) in [5.41, 5.74) is 3.77. The molecule has 3 aliphatic carbocycles. The third-order valence-electron chi connectivity index (χ3n) is 9.96. The molecule has 0 aromatic rings. The lowest BCUT2D eigenvalue weighted by Gasteiger charge is -2.44. The standard InChI is InChI=1S/C31H46O6/c1-18(16-27-19(2)20(3)30(35)37-27)24-11-12-25-22(8-6-13-31(24,25)5)9-10-23-17-26(33)29(28(34)21(23)4)36-15-7-14-32/h9-10,18-19,24-29,32-34H,3-4,6-8,11-17H2,1-2,5H3/t18-,19+,24-,25+,26-,27+,28-,29+,31-/m1/s1. The quantitative estimate of drug-likeness (QED) is 0.248. The molecule has 0 radical (unpaired) electrons. The molecule has 0 unspecified atom stereocenters. The van der Waals surface area contributed by atoms with Gasteiger partial charge in [0.2, 0.25) is 0 Å². The van der Waals surface area contributed by atoms with E-state index in [9.17, 15) is 15.0 Å². The summed E-state index contributed by atoms with van der Waals surface area (Å²) in [6, 6.07) is 0. The summed E-state index contributed by atoms with van der Waals surface area (Å²) in [7, 11) is 0. The number of fused-ring (bicyclic) bond motifs is 1. The summed E-state index contributed by atoms with van der Waals surface area (Å²) < 4.78 is 11.3. The summed E-state index contributed by atoms with van der Waals surface area (Å²) >= 11 is 0. The van der Waals surface area contributed by atoms with Crippen LogP contribution in [0.5, 0.6) is 0 Å². The number of rotatable bonds is 8. The smallest absolute Gasteiger partial charge is 0.334 e. The Morgan fingerprint density at radius 1 is 1.22 bits per heavy atom. The summed E-state index contributed by atoms with van der Waals surface area (Å²) in [6.07, 6.45) is 9.30. The molecule has 206 valence electrons. The fourth-order valence-corrected chi connectivity index (χ4v) is 7.66. The van der Waals surface area contributed by atoms with Gasteiger partial charge in [0.15, 0.2) is 0 Å². The van der Waals surface area contributed by atoms with Gasteiger partial charge in [0.1, 0.15) is 18.3 Å². The van der Waals surface area contributed by atoms with Crippen LogP contribution >= 0.6 is 0 Å². The summed E-state index contributed by atoms with van der Waals surface area (Å²) in [6.45, 7) is 15.2. The predicted molar refractivity (Wildman–Crippen MR) is 144 cm³/mol. The Bertz CT molecular complexity index is 949. The Hall–Kier alpha value is -1.73. The Morgan fingerprint density at radius 3 is 2.65 bits per heavy atom. The maximum atomic E-state index is 12.0. The SMILES string of the molecule is C=C1C(=CC=C2CCC[C@]3(C)[C@@H]([C@H](C)C[C@@H]4OC(=O)C(=C)[C@@H]4C)CC[C@@H]23)C[C@@H](O)[C@H](OCCCO)[C@@H]1O. The predicted octanol–water partition coefficient (Wildman–Crippen LogP) is 4.65. The second kappa shape index (κ2) is 11.6. The lowest BCUT2D eigenvalue weighted by Crippen LogP contribution is -2.45. The van der Waals surface area contributed by atoms with Crippen LogP contribution in [0.4, 0.5) is 0 Å². The van der Waals surface area contributed by atoms with Crippen LogP contribution in [0, 0.1) is 29.1 Å². The molecule has 9 atom stereocenters. The molecule has 4 aliphatic rings. The number of allylic oxidation sites excluding steroid dienone is 3. The zero-order chi connectivity index (χ0) is 26.9.